The summed E-state index contributed by atoms with van der Waals surface area (Å²) in [5.74, 6) is -56.1. The van der Waals surface area contributed by atoms with E-state index in [1.54, 1.807) is 0 Å². The summed E-state index contributed by atoms with van der Waals surface area (Å²) < 4.78 is 203. The van der Waals surface area contributed by atoms with Crippen molar-refractivity contribution in [3.05, 3.63) is 11.9 Å². The minimum absolute atomic E-state index is 1.61. The van der Waals surface area contributed by atoms with Crippen LogP contribution in [0.1, 0.15) is 0 Å². The topological polar surface area (TPSA) is 37.3 Å². The Morgan fingerprint density at radius 2 is 0.857 bits per heavy atom. The number of carboxylic acids is 1. The van der Waals surface area contributed by atoms with Crippen molar-refractivity contribution < 1.29 is 80.1 Å². The number of allylic oxidation sites excluding steroid dienone is 1. The van der Waals surface area contributed by atoms with Gasteiger partial charge in [0.2, 0.25) is 0 Å². The predicted molar refractivity (Wildman–Crippen MR) is 52.6 cm³/mol. The van der Waals surface area contributed by atoms with E-state index in [1.807, 2.05) is 0 Å². The number of carbonyl (C=O) groups is 1. The van der Waals surface area contributed by atoms with E-state index in [-0.39, 0.29) is 0 Å². The first-order valence-corrected chi connectivity index (χ1v) is 5.78. The van der Waals surface area contributed by atoms with E-state index in [0.717, 1.165) is 0 Å². The van der Waals surface area contributed by atoms with Gasteiger partial charge >= 0.3 is 47.7 Å². The highest BCUT2D eigenvalue weighted by molar-refractivity contribution is 5.80. The van der Waals surface area contributed by atoms with Crippen molar-refractivity contribution >= 4 is 5.97 Å². The molecule has 0 heterocycles. The second kappa shape index (κ2) is 6.57. The molecule has 0 saturated carbocycles. The molecule has 0 fully saturated rings. The van der Waals surface area contributed by atoms with Crippen LogP contribution in [0.5, 0.6) is 0 Å². The zero-order valence-corrected chi connectivity index (χ0v) is 12.0. The number of hydrogen-bond donors (Lipinski definition) is 1. The molecular formula is C10H2F16O2. The van der Waals surface area contributed by atoms with Crippen LogP contribution in [0.15, 0.2) is 11.9 Å². The molecule has 0 radical (unpaired) electrons. The Morgan fingerprint density at radius 3 is 1.14 bits per heavy atom. The Kier molecular flexibility index (Phi) is 6.12. The summed E-state index contributed by atoms with van der Waals surface area (Å²) in [5, 5.41) is 7.83. The van der Waals surface area contributed by atoms with Crippen molar-refractivity contribution in [1.82, 2.24) is 0 Å². The molecule has 28 heavy (non-hydrogen) atoms. The van der Waals surface area contributed by atoms with Crippen LogP contribution in [0.3, 0.4) is 0 Å². The second-order valence-corrected chi connectivity index (χ2v) is 4.77. The van der Waals surface area contributed by atoms with Gasteiger partial charge in [0.05, 0.1) is 6.08 Å². The maximum atomic E-state index is 13.1. The zero-order valence-electron chi connectivity index (χ0n) is 12.0. The van der Waals surface area contributed by atoms with Gasteiger partial charge in [-0.15, -0.1) is 0 Å². The summed E-state index contributed by atoms with van der Waals surface area (Å²) in [7, 11) is 0. The number of hydrogen-bond acceptors (Lipinski definition) is 1. The normalized spacial score (nSPS) is 16.4. The van der Waals surface area contributed by atoms with Gasteiger partial charge in [-0.3, -0.25) is 0 Å². The fraction of sp³-hybridized carbons (Fsp3) is 0.700. The van der Waals surface area contributed by atoms with Crippen molar-refractivity contribution in [2.24, 2.45) is 0 Å². The molecule has 0 aromatic heterocycles. The molecule has 0 spiro atoms. The highest BCUT2D eigenvalue weighted by atomic mass is 19.4. The third-order valence-electron chi connectivity index (χ3n) is 2.88. The van der Waals surface area contributed by atoms with Crippen molar-refractivity contribution in [1.29, 1.82) is 0 Å². The maximum absolute atomic E-state index is 13.1. The molecule has 0 aliphatic heterocycles. The molecular weight excluding hydrogens is 457 g/mol. The number of carboxylic acid groups (broad SMARTS) is 1. The van der Waals surface area contributed by atoms with E-state index in [2.05, 4.69) is 0 Å². The van der Waals surface area contributed by atoms with E-state index in [0.29, 0.717) is 0 Å². The molecule has 0 bridgehead atoms. The Balaban J connectivity index is 6.67. The standard InChI is InChI=1S/C10H2F16O2/c11-2(1-3(27)28)4(12,13)5(14,15)6(16,17)7(18,19)8(20,21)9(22,23)10(24,25)26/h1H,(H,27,28)/i1+1. The van der Waals surface area contributed by atoms with Gasteiger partial charge in [0.1, 0.15) is 0 Å². The summed E-state index contributed by atoms with van der Waals surface area (Å²) >= 11 is 0. The van der Waals surface area contributed by atoms with Crippen LogP contribution in [0, 0.1) is 0 Å². The smallest absolute Gasteiger partial charge is 0.460 e. The SMILES string of the molecule is O=C(O)[13CH]=C(F)C(F)(F)C(F)(F)C(F)(F)C(F)(F)C(F)(F)C(F)(F)C(F)(F)F. The minimum atomic E-state index is -8.56. The average Bonchev–Trinajstić information content (AvgIpc) is 2.43. The van der Waals surface area contributed by atoms with E-state index < -0.39 is 59.6 Å². The minimum Gasteiger partial charge on any atom is -0.478 e. The Bertz CT molecular complexity index is 642. The third-order valence-corrected chi connectivity index (χ3v) is 2.88. The molecule has 0 unspecified atom stereocenters. The Hall–Kier alpha value is -1.91. The van der Waals surface area contributed by atoms with Crippen molar-refractivity contribution in [3.63, 3.8) is 0 Å². The van der Waals surface area contributed by atoms with Gasteiger partial charge in [0.15, 0.2) is 5.83 Å². The summed E-state index contributed by atoms with van der Waals surface area (Å²) in [6.45, 7) is 0. The van der Waals surface area contributed by atoms with Crippen molar-refractivity contribution in [3.8, 4) is 0 Å². The molecule has 1 N–H and O–H groups in total. The molecule has 0 rings (SSSR count). The lowest BCUT2D eigenvalue weighted by molar-refractivity contribution is -0.450. The van der Waals surface area contributed by atoms with Crippen LogP contribution in [-0.4, -0.2) is 52.8 Å². The van der Waals surface area contributed by atoms with Crippen LogP contribution in [-0.2, 0) is 4.79 Å². The van der Waals surface area contributed by atoms with Gasteiger partial charge in [-0.05, 0) is 0 Å². The van der Waals surface area contributed by atoms with E-state index >= 15 is 0 Å². The van der Waals surface area contributed by atoms with E-state index in [1.165, 1.54) is 0 Å². The fourth-order valence-corrected chi connectivity index (χ4v) is 1.32. The maximum Gasteiger partial charge on any atom is 0.460 e. The molecule has 0 aromatic carbocycles. The van der Waals surface area contributed by atoms with Crippen LogP contribution >= 0.6 is 0 Å². The molecule has 0 saturated heterocycles. The largest absolute Gasteiger partial charge is 0.478 e. The lowest BCUT2D eigenvalue weighted by Crippen LogP contribution is -2.72. The molecule has 166 valence electrons. The number of halogens is 16. The van der Waals surface area contributed by atoms with Crippen molar-refractivity contribution in [2.45, 2.75) is 41.7 Å². The number of aliphatic carboxylic acids is 1. The van der Waals surface area contributed by atoms with Crippen molar-refractivity contribution in [2.75, 3.05) is 0 Å². The van der Waals surface area contributed by atoms with E-state index in [4.69, 9.17) is 5.11 Å². The second-order valence-electron chi connectivity index (χ2n) is 4.77. The summed E-state index contributed by atoms with van der Waals surface area (Å²) in [4.78, 5) is 9.86. The van der Waals surface area contributed by atoms with Crippen LogP contribution in [0.25, 0.3) is 0 Å². The lowest BCUT2D eigenvalue weighted by Gasteiger charge is -2.41. The van der Waals surface area contributed by atoms with Gasteiger partial charge in [0, 0.05) is 0 Å². The van der Waals surface area contributed by atoms with Crippen LogP contribution in [0.2, 0.25) is 0 Å². The highest BCUT2D eigenvalue weighted by Crippen LogP contribution is 2.63. The first-order valence-electron chi connectivity index (χ1n) is 5.78. The van der Waals surface area contributed by atoms with Gasteiger partial charge < -0.3 is 5.11 Å². The average molecular weight is 459 g/mol. The zero-order chi connectivity index (χ0) is 23.4. The third kappa shape index (κ3) is 3.33. The summed E-state index contributed by atoms with van der Waals surface area (Å²) in [5.41, 5.74) is 0. The number of alkyl halides is 15. The van der Waals surface area contributed by atoms with E-state index in [9.17, 15) is 75.0 Å². The molecule has 0 aromatic rings. The van der Waals surface area contributed by atoms with Gasteiger partial charge in [-0.25, -0.2) is 9.18 Å². The molecule has 2 nitrogen and oxygen atoms in total. The first kappa shape index (κ1) is 26.1. The predicted octanol–water partition coefficient (Wildman–Crippen LogP) is 5.30. The molecule has 0 atom stereocenters. The highest BCUT2D eigenvalue weighted by Gasteiger charge is 2.93. The number of rotatable bonds is 7. The lowest BCUT2D eigenvalue weighted by atomic mass is 9.91. The monoisotopic (exact) mass is 459 g/mol. The van der Waals surface area contributed by atoms with Crippen LogP contribution in [0.4, 0.5) is 70.2 Å². The molecule has 0 aliphatic rings. The first-order chi connectivity index (χ1) is 11.8. The van der Waals surface area contributed by atoms with Crippen LogP contribution < -0.4 is 0 Å². The molecule has 0 amide bonds. The van der Waals surface area contributed by atoms with Gasteiger partial charge in [0.25, 0.3) is 0 Å². The Labute approximate surface area is 141 Å². The quantitative estimate of drug-likeness (QED) is 0.319. The fourth-order valence-electron chi connectivity index (χ4n) is 1.32. The summed E-state index contributed by atoms with van der Waals surface area (Å²) in [6, 6.07) is 0. The Morgan fingerprint density at radius 1 is 0.571 bits per heavy atom. The molecule has 0 aliphatic carbocycles. The van der Waals surface area contributed by atoms with Gasteiger partial charge in [-0.2, -0.15) is 65.9 Å². The van der Waals surface area contributed by atoms with Gasteiger partial charge in [-0.1, -0.05) is 0 Å². The molecule has 18 heteroatoms. The summed E-state index contributed by atoms with van der Waals surface area (Å²) in [6.07, 6.45) is -9.35.